The number of benzene rings is 2. The molecule has 140 valence electrons. The molecule has 0 heterocycles. The fourth-order valence-electron chi connectivity index (χ4n) is 2.64. The number of sulfone groups is 2. The Balaban J connectivity index is 2.35. The summed E-state index contributed by atoms with van der Waals surface area (Å²) in [5, 5.41) is -2.44. The van der Waals surface area contributed by atoms with Crippen molar-refractivity contribution >= 4 is 25.5 Å². The predicted molar refractivity (Wildman–Crippen MR) is 102 cm³/mol. The summed E-state index contributed by atoms with van der Waals surface area (Å²) >= 11 is 0. The van der Waals surface area contributed by atoms with Crippen molar-refractivity contribution in [1.82, 2.24) is 0 Å². The third-order valence-corrected chi connectivity index (χ3v) is 8.90. The van der Waals surface area contributed by atoms with E-state index in [9.17, 15) is 21.6 Å². The van der Waals surface area contributed by atoms with E-state index >= 15 is 0 Å². The highest BCUT2D eigenvalue weighted by Crippen LogP contribution is 2.21. The Labute approximate surface area is 154 Å². The van der Waals surface area contributed by atoms with E-state index in [1.54, 1.807) is 37.3 Å². The molecule has 0 saturated heterocycles. The molecule has 0 amide bonds. The SMILES string of the molecule is CCCC(C(=O)c1ccccc1)S(=O)(=O)CS(=O)(=O)c1ccc(C)cc1. The van der Waals surface area contributed by atoms with Crippen LogP contribution in [0.1, 0.15) is 35.7 Å². The Hall–Kier alpha value is -1.99. The van der Waals surface area contributed by atoms with Gasteiger partial charge in [0, 0.05) is 5.56 Å². The molecule has 0 aliphatic carbocycles. The molecule has 5 nitrogen and oxygen atoms in total. The lowest BCUT2D eigenvalue weighted by Crippen LogP contribution is -2.34. The first kappa shape index (κ1) is 20.3. The first-order valence-corrected chi connectivity index (χ1v) is 11.6. The van der Waals surface area contributed by atoms with Crippen LogP contribution in [-0.2, 0) is 19.7 Å². The average molecular weight is 395 g/mol. The van der Waals surface area contributed by atoms with Gasteiger partial charge in [0.25, 0.3) is 0 Å². The number of rotatable bonds is 8. The summed E-state index contributed by atoms with van der Waals surface area (Å²) in [5.74, 6) is -0.563. The van der Waals surface area contributed by atoms with Crippen molar-refractivity contribution in [3.63, 3.8) is 0 Å². The normalized spacial score (nSPS) is 13.3. The minimum Gasteiger partial charge on any atom is -0.293 e. The predicted octanol–water partition coefficient (Wildman–Crippen LogP) is 3.19. The number of hydrogen-bond donors (Lipinski definition) is 0. The van der Waals surface area contributed by atoms with Crippen molar-refractivity contribution in [2.75, 3.05) is 5.08 Å². The maximum absolute atomic E-state index is 12.8. The van der Waals surface area contributed by atoms with Gasteiger partial charge >= 0.3 is 0 Å². The quantitative estimate of drug-likeness (QED) is 0.642. The lowest BCUT2D eigenvalue weighted by molar-refractivity contribution is 0.0983. The fraction of sp³-hybridized carbons (Fsp3) is 0.316. The summed E-state index contributed by atoms with van der Waals surface area (Å²) in [6.07, 6.45) is 0.534. The van der Waals surface area contributed by atoms with Crippen molar-refractivity contribution in [2.24, 2.45) is 0 Å². The molecule has 1 unspecified atom stereocenters. The number of ketones is 1. The Kier molecular flexibility index (Phi) is 6.36. The first-order chi connectivity index (χ1) is 12.2. The molecule has 0 aliphatic rings. The Morgan fingerprint density at radius 3 is 2.04 bits per heavy atom. The van der Waals surface area contributed by atoms with Crippen LogP contribution in [0.5, 0.6) is 0 Å². The van der Waals surface area contributed by atoms with Crippen molar-refractivity contribution < 1.29 is 21.6 Å². The van der Waals surface area contributed by atoms with Crippen LogP contribution in [0.4, 0.5) is 0 Å². The topological polar surface area (TPSA) is 85.3 Å². The fourth-order valence-corrected chi connectivity index (χ4v) is 7.18. The molecular weight excluding hydrogens is 372 g/mol. The molecule has 2 aromatic carbocycles. The Morgan fingerprint density at radius 2 is 1.50 bits per heavy atom. The molecule has 2 aromatic rings. The highest BCUT2D eigenvalue weighted by molar-refractivity contribution is 8.08. The van der Waals surface area contributed by atoms with Gasteiger partial charge in [0.15, 0.2) is 30.5 Å². The molecule has 0 bridgehead atoms. The summed E-state index contributed by atoms with van der Waals surface area (Å²) < 4.78 is 50.7. The van der Waals surface area contributed by atoms with Crippen molar-refractivity contribution in [3.05, 3.63) is 65.7 Å². The third-order valence-electron chi connectivity index (χ3n) is 4.03. The lowest BCUT2D eigenvalue weighted by atomic mass is 10.1. The van der Waals surface area contributed by atoms with E-state index < -0.39 is 35.8 Å². The van der Waals surface area contributed by atoms with E-state index in [2.05, 4.69) is 0 Å². The van der Waals surface area contributed by atoms with Crippen LogP contribution in [0.25, 0.3) is 0 Å². The number of Topliss-reactive ketones (excluding diaryl/α,β-unsaturated/α-hetero) is 1. The molecule has 0 N–H and O–H groups in total. The smallest absolute Gasteiger partial charge is 0.192 e. The van der Waals surface area contributed by atoms with Gasteiger partial charge in [-0.2, -0.15) is 0 Å². The van der Waals surface area contributed by atoms with E-state index in [1.165, 1.54) is 24.3 Å². The molecule has 0 radical (unpaired) electrons. The van der Waals surface area contributed by atoms with Gasteiger partial charge < -0.3 is 0 Å². The molecule has 1 atom stereocenters. The molecule has 2 rings (SSSR count). The van der Waals surface area contributed by atoms with E-state index in [4.69, 9.17) is 0 Å². The maximum Gasteiger partial charge on any atom is 0.192 e. The van der Waals surface area contributed by atoms with Crippen molar-refractivity contribution in [3.8, 4) is 0 Å². The average Bonchev–Trinajstić information content (AvgIpc) is 2.59. The van der Waals surface area contributed by atoms with Gasteiger partial charge in [-0.1, -0.05) is 61.4 Å². The zero-order chi connectivity index (χ0) is 19.4. The monoisotopic (exact) mass is 394 g/mol. The van der Waals surface area contributed by atoms with E-state index in [0.717, 1.165) is 5.56 Å². The molecule has 0 fully saturated rings. The van der Waals surface area contributed by atoms with Crippen LogP contribution in [0, 0.1) is 6.92 Å². The van der Waals surface area contributed by atoms with Gasteiger partial charge in [-0.05, 0) is 25.5 Å². The second-order valence-corrected chi connectivity index (χ2v) is 10.8. The van der Waals surface area contributed by atoms with Gasteiger partial charge in [-0.15, -0.1) is 0 Å². The van der Waals surface area contributed by atoms with Crippen LogP contribution in [-0.4, -0.2) is 33.0 Å². The van der Waals surface area contributed by atoms with Gasteiger partial charge in [-0.3, -0.25) is 4.79 Å². The first-order valence-electron chi connectivity index (χ1n) is 8.27. The number of aryl methyl sites for hydroxylation is 1. The summed E-state index contributed by atoms with van der Waals surface area (Å²) in [7, 11) is -8.24. The summed E-state index contributed by atoms with van der Waals surface area (Å²) in [6.45, 7) is 3.57. The summed E-state index contributed by atoms with van der Waals surface area (Å²) in [4.78, 5) is 12.6. The Morgan fingerprint density at radius 1 is 0.923 bits per heavy atom. The number of carbonyl (C=O) groups excluding carboxylic acids is 1. The zero-order valence-electron chi connectivity index (χ0n) is 14.8. The second-order valence-electron chi connectivity index (χ2n) is 6.22. The van der Waals surface area contributed by atoms with E-state index in [0.29, 0.717) is 6.42 Å². The molecule has 7 heteroatoms. The summed E-state index contributed by atoms with van der Waals surface area (Å²) in [6, 6.07) is 14.1. The van der Waals surface area contributed by atoms with Gasteiger partial charge in [0.05, 0.1) is 4.90 Å². The minimum absolute atomic E-state index is 0.0610. The molecule has 0 saturated carbocycles. The van der Waals surface area contributed by atoms with Gasteiger partial charge in [0.2, 0.25) is 0 Å². The van der Waals surface area contributed by atoms with Crippen LogP contribution >= 0.6 is 0 Å². The standard InChI is InChI=1S/C19H22O5S2/c1-3-7-18(19(20)16-8-5-4-6-9-16)26(23,24)14-25(21,22)17-12-10-15(2)11-13-17/h4-6,8-13,18H,3,7,14H2,1-2H3. The molecule has 0 aromatic heterocycles. The number of carbonyl (C=O) groups is 1. The van der Waals surface area contributed by atoms with Crippen LogP contribution in [0.2, 0.25) is 0 Å². The van der Waals surface area contributed by atoms with Gasteiger partial charge in [-0.25, -0.2) is 16.8 Å². The van der Waals surface area contributed by atoms with Gasteiger partial charge in [0.1, 0.15) is 5.25 Å². The summed E-state index contributed by atoms with van der Waals surface area (Å²) in [5.41, 5.74) is 1.14. The van der Waals surface area contributed by atoms with Crippen molar-refractivity contribution in [1.29, 1.82) is 0 Å². The van der Waals surface area contributed by atoms with Crippen molar-refractivity contribution in [2.45, 2.75) is 36.8 Å². The Bertz CT molecular complexity index is 960. The van der Waals surface area contributed by atoms with E-state index in [-0.39, 0.29) is 16.9 Å². The zero-order valence-corrected chi connectivity index (χ0v) is 16.4. The van der Waals surface area contributed by atoms with Crippen LogP contribution < -0.4 is 0 Å². The van der Waals surface area contributed by atoms with Crippen LogP contribution in [0.15, 0.2) is 59.5 Å². The molecule has 0 aliphatic heterocycles. The van der Waals surface area contributed by atoms with Crippen LogP contribution in [0.3, 0.4) is 0 Å². The third kappa shape index (κ3) is 4.80. The highest BCUT2D eigenvalue weighted by Gasteiger charge is 2.36. The largest absolute Gasteiger partial charge is 0.293 e. The molecular formula is C19H22O5S2. The number of hydrogen-bond acceptors (Lipinski definition) is 5. The van der Waals surface area contributed by atoms with E-state index in [1.807, 2.05) is 6.92 Å². The second kappa shape index (κ2) is 8.14. The molecule has 0 spiro atoms. The molecule has 26 heavy (non-hydrogen) atoms. The minimum atomic E-state index is -4.19. The lowest BCUT2D eigenvalue weighted by Gasteiger charge is -2.16. The maximum atomic E-state index is 12.8. The highest BCUT2D eigenvalue weighted by atomic mass is 32.3.